The Morgan fingerprint density at radius 1 is 0.889 bits per heavy atom. The molecule has 2 aromatic carbocycles. The van der Waals surface area contributed by atoms with Crippen LogP contribution in [0.5, 0.6) is 0 Å². The molecule has 2 aromatic rings. The van der Waals surface area contributed by atoms with Crippen LogP contribution in [0.15, 0.2) is 42.5 Å². The summed E-state index contributed by atoms with van der Waals surface area (Å²) in [6.07, 6.45) is 5.92. The highest BCUT2D eigenvalue weighted by Crippen LogP contribution is 2.36. The summed E-state index contributed by atoms with van der Waals surface area (Å²) in [6, 6.07) is 14.6. The summed E-state index contributed by atoms with van der Waals surface area (Å²) in [4.78, 5) is 0. The zero-order valence-electron chi connectivity index (χ0n) is 10.7. The summed E-state index contributed by atoms with van der Waals surface area (Å²) < 4.78 is 0. The lowest BCUT2D eigenvalue weighted by molar-refractivity contribution is 0.0861. The molecule has 0 saturated heterocycles. The van der Waals surface area contributed by atoms with E-state index in [0.717, 1.165) is 5.56 Å². The van der Waals surface area contributed by atoms with Gasteiger partial charge in [0, 0.05) is 0 Å². The van der Waals surface area contributed by atoms with Crippen molar-refractivity contribution in [3.8, 4) is 0 Å². The van der Waals surface area contributed by atoms with Gasteiger partial charge >= 0.3 is 0 Å². The van der Waals surface area contributed by atoms with E-state index in [4.69, 9.17) is 0 Å². The monoisotopic (exact) mass is 240 g/mol. The SMILES string of the molecule is O[C@H](c1cccc2ccccc12)C1CCCCC1. The maximum absolute atomic E-state index is 10.6. The fourth-order valence-corrected chi connectivity index (χ4v) is 3.21. The van der Waals surface area contributed by atoms with Gasteiger partial charge < -0.3 is 5.11 Å². The molecular weight excluding hydrogens is 220 g/mol. The second-order valence-corrected chi connectivity index (χ2v) is 5.41. The second kappa shape index (κ2) is 5.11. The normalized spacial score (nSPS) is 18.9. The smallest absolute Gasteiger partial charge is 0.0824 e. The first kappa shape index (κ1) is 11.7. The molecule has 1 fully saturated rings. The Morgan fingerprint density at radius 2 is 1.61 bits per heavy atom. The summed E-state index contributed by atoms with van der Waals surface area (Å²) in [5, 5.41) is 13.1. The zero-order valence-corrected chi connectivity index (χ0v) is 10.7. The van der Waals surface area contributed by atoms with Crippen LogP contribution in [0.4, 0.5) is 0 Å². The van der Waals surface area contributed by atoms with Gasteiger partial charge in [0.25, 0.3) is 0 Å². The Bertz CT molecular complexity index is 521. The fourth-order valence-electron chi connectivity index (χ4n) is 3.21. The molecule has 0 heterocycles. The van der Waals surface area contributed by atoms with E-state index in [2.05, 4.69) is 42.5 Å². The first-order valence-corrected chi connectivity index (χ1v) is 7.02. The molecule has 1 nitrogen and oxygen atoms in total. The number of hydrogen-bond acceptors (Lipinski definition) is 1. The number of hydrogen-bond donors (Lipinski definition) is 1. The fraction of sp³-hybridized carbons (Fsp3) is 0.412. The van der Waals surface area contributed by atoms with Crippen LogP contribution < -0.4 is 0 Å². The van der Waals surface area contributed by atoms with Crippen LogP contribution in [0, 0.1) is 5.92 Å². The molecule has 0 amide bonds. The third-order valence-corrected chi connectivity index (χ3v) is 4.24. The van der Waals surface area contributed by atoms with Crippen LogP contribution in [0.1, 0.15) is 43.8 Å². The summed E-state index contributed by atoms with van der Waals surface area (Å²) in [5.74, 6) is 0.449. The predicted octanol–water partition coefficient (Wildman–Crippen LogP) is 4.45. The minimum Gasteiger partial charge on any atom is -0.388 e. The van der Waals surface area contributed by atoms with Gasteiger partial charge in [0.2, 0.25) is 0 Å². The molecule has 1 heteroatoms. The third kappa shape index (κ3) is 2.15. The number of rotatable bonds is 2. The topological polar surface area (TPSA) is 20.2 Å². The maximum Gasteiger partial charge on any atom is 0.0824 e. The third-order valence-electron chi connectivity index (χ3n) is 4.24. The van der Waals surface area contributed by atoms with Crippen LogP contribution >= 0.6 is 0 Å². The van der Waals surface area contributed by atoms with E-state index in [1.165, 1.54) is 42.9 Å². The molecule has 1 atom stereocenters. The first-order valence-electron chi connectivity index (χ1n) is 7.02. The van der Waals surface area contributed by atoms with Crippen molar-refractivity contribution in [1.29, 1.82) is 0 Å². The number of aliphatic hydroxyl groups excluding tert-OH is 1. The molecule has 0 bridgehead atoms. The van der Waals surface area contributed by atoms with Gasteiger partial charge in [-0.1, -0.05) is 61.7 Å². The standard InChI is InChI=1S/C17H20O/c18-17(14-8-2-1-3-9-14)16-12-6-10-13-7-4-5-11-15(13)16/h4-7,10-12,14,17-18H,1-3,8-9H2/t17-/m0/s1. The average molecular weight is 240 g/mol. The first-order chi connectivity index (χ1) is 8.86. The van der Waals surface area contributed by atoms with Crippen molar-refractivity contribution >= 4 is 10.8 Å². The van der Waals surface area contributed by atoms with Crippen LogP contribution in [0.25, 0.3) is 10.8 Å². The molecule has 0 spiro atoms. The van der Waals surface area contributed by atoms with Gasteiger partial charge in [-0.05, 0) is 35.1 Å². The molecule has 1 N–H and O–H groups in total. The Morgan fingerprint density at radius 3 is 2.44 bits per heavy atom. The maximum atomic E-state index is 10.6. The van der Waals surface area contributed by atoms with Crippen molar-refractivity contribution < 1.29 is 5.11 Å². The number of fused-ring (bicyclic) bond motifs is 1. The van der Waals surface area contributed by atoms with E-state index < -0.39 is 0 Å². The molecule has 3 rings (SSSR count). The van der Waals surface area contributed by atoms with Gasteiger partial charge in [-0.2, -0.15) is 0 Å². The molecule has 0 radical (unpaired) electrons. The molecule has 1 aliphatic rings. The quantitative estimate of drug-likeness (QED) is 0.822. The lowest BCUT2D eigenvalue weighted by Gasteiger charge is -2.27. The summed E-state index contributed by atoms with van der Waals surface area (Å²) in [5.41, 5.74) is 1.11. The van der Waals surface area contributed by atoms with Gasteiger partial charge in [-0.15, -0.1) is 0 Å². The highest BCUT2D eigenvalue weighted by Gasteiger charge is 2.24. The van der Waals surface area contributed by atoms with E-state index in [1.807, 2.05) is 0 Å². The summed E-state index contributed by atoms with van der Waals surface area (Å²) in [6.45, 7) is 0. The van der Waals surface area contributed by atoms with Gasteiger partial charge in [0.15, 0.2) is 0 Å². The highest BCUT2D eigenvalue weighted by molar-refractivity contribution is 5.85. The highest BCUT2D eigenvalue weighted by atomic mass is 16.3. The van der Waals surface area contributed by atoms with Crippen LogP contribution in [-0.2, 0) is 0 Å². The summed E-state index contributed by atoms with van der Waals surface area (Å²) in [7, 11) is 0. The molecule has 1 aliphatic carbocycles. The largest absolute Gasteiger partial charge is 0.388 e. The van der Waals surface area contributed by atoms with Crippen molar-refractivity contribution in [3.05, 3.63) is 48.0 Å². The molecule has 0 unspecified atom stereocenters. The number of benzene rings is 2. The van der Waals surface area contributed by atoms with E-state index in [0.29, 0.717) is 5.92 Å². The minimum atomic E-state index is -0.295. The van der Waals surface area contributed by atoms with Gasteiger partial charge in [-0.25, -0.2) is 0 Å². The Labute approximate surface area is 108 Å². The summed E-state index contributed by atoms with van der Waals surface area (Å²) >= 11 is 0. The van der Waals surface area contributed by atoms with Crippen LogP contribution in [0.2, 0.25) is 0 Å². The lowest BCUT2D eigenvalue weighted by atomic mass is 9.81. The van der Waals surface area contributed by atoms with E-state index >= 15 is 0 Å². The van der Waals surface area contributed by atoms with Crippen molar-refractivity contribution in [2.45, 2.75) is 38.2 Å². The molecule has 18 heavy (non-hydrogen) atoms. The molecular formula is C17H20O. The average Bonchev–Trinajstić information content (AvgIpc) is 2.47. The molecule has 1 saturated carbocycles. The van der Waals surface area contributed by atoms with Crippen LogP contribution in [0.3, 0.4) is 0 Å². The van der Waals surface area contributed by atoms with Gasteiger partial charge in [-0.3, -0.25) is 0 Å². The zero-order chi connectivity index (χ0) is 12.4. The lowest BCUT2D eigenvalue weighted by Crippen LogP contribution is -2.16. The minimum absolute atomic E-state index is 0.295. The van der Waals surface area contributed by atoms with Crippen molar-refractivity contribution in [2.24, 2.45) is 5.92 Å². The molecule has 0 aliphatic heterocycles. The predicted molar refractivity (Wildman–Crippen MR) is 75.5 cm³/mol. The van der Waals surface area contributed by atoms with E-state index in [9.17, 15) is 5.11 Å². The molecule has 94 valence electrons. The van der Waals surface area contributed by atoms with Crippen LogP contribution in [-0.4, -0.2) is 5.11 Å². The van der Waals surface area contributed by atoms with Gasteiger partial charge in [0.05, 0.1) is 6.10 Å². The van der Waals surface area contributed by atoms with Crippen molar-refractivity contribution in [2.75, 3.05) is 0 Å². The Hall–Kier alpha value is -1.34. The van der Waals surface area contributed by atoms with Crippen molar-refractivity contribution in [1.82, 2.24) is 0 Å². The number of aliphatic hydroxyl groups is 1. The Balaban J connectivity index is 1.97. The Kier molecular flexibility index (Phi) is 3.33. The van der Waals surface area contributed by atoms with E-state index in [1.54, 1.807) is 0 Å². The molecule has 0 aromatic heterocycles. The van der Waals surface area contributed by atoms with Gasteiger partial charge in [0.1, 0.15) is 0 Å². The van der Waals surface area contributed by atoms with E-state index in [-0.39, 0.29) is 6.10 Å². The van der Waals surface area contributed by atoms with Crippen molar-refractivity contribution in [3.63, 3.8) is 0 Å². The second-order valence-electron chi connectivity index (χ2n) is 5.41.